The summed E-state index contributed by atoms with van der Waals surface area (Å²) in [6, 6.07) is 7.24. The van der Waals surface area contributed by atoms with Crippen molar-refractivity contribution in [2.45, 2.75) is 6.54 Å². The number of aryl methyl sites for hydroxylation is 1. The average Bonchev–Trinajstić information content (AvgIpc) is 3.48. The highest BCUT2D eigenvalue weighted by Gasteiger charge is 2.15. The molecule has 5 heterocycles. The Labute approximate surface area is 158 Å². The van der Waals surface area contributed by atoms with E-state index in [0.29, 0.717) is 41.3 Å². The van der Waals surface area contributed by atoms with Crippen molar-refractivity contribution in [2.75, 3.05) is 5.32 Å². The molecule has 0 saturated heterocycles. The number of rotatable bonds is 5. The molecule has 0 radical (unpaired) electrons. The van der Waals surface area contributed by atoms with Crippen molar-refractivity contribution in [3.8, 4) is 23.0 Å². The van der Waals surface area contributed by atoms with Crippen LogP contribution in [0, 0.1) is 0 Å². The predicted octanol–water partition coefficient (Wildman–Crippen LogP) is 2.68. The molecule has 0 aromatic carbocycles. The molecule has 10 nitrogen and oxygen atoms in total. The predicted molar refractivity (Wildman–Crippen MR) is 98.9 cm³/mol. The summed E-state index contributed by atoms with van der Waals surface area (Å²) in [5.41, 5.74) is 1.58. The van der Waals surface area contributed by atoms with Crippen LogP contribution in [0.3, 0.4) is 0 Å². The average molecular weight is 374 g/mol. The van der Waals surface area contributed by atoms with E-state index in [4.69, 9.17) is 8.94 Å². The summed E-state index contributed by atoms with van der Waals surface area (Å²) >= 11 is 0. The molecule has 0 bridgehead atoms. The monoisotopic (exact) mass is 374 g/mol. The van der Waals surface area contributed by atoms with E-state index in [9.17, 15) is 0 Å². The maximum Gasteiger partial charge on any atom is 0.293 e. The minimum absolute atomic E-state index is 0.320. The molecular weight excluding hydrogens is 360 g/mol. The molecular formula is C18H14N8O2. The van der Waals surface area contributed by atoms with Gasteiger partial charge in [-0.3, -0.25) is 9.67 Å². The molecule has 5 aromatic heterocycles. The molecule has 0 amide bonds. The Balaban J connectivity index is 1.47. The molecule has 0 spiro atoms. The summed E-state index contributed by atoms with van der Waals surface area (Å²) in [5, 5.41) is 12.3. The molecule has 5 rings (SSSR count). The van der Waals surface area contributed by atoms with Crippen molar-refractivity contribution in [3.05, 3.63) is 54.9 Å². The highest BCUT2D eigenvalue weighted by atomic mass is 16.5. The van der Waals surface area contributed by atoms with E-state index < -0.39 is 0 Å². The van der Waals surface area contributed by atoms with Gasteiger partial charge in [-0.1, -0.05) is 5.16 Å². The van der Waals surface area contributed by atoms with Crippen LogP contribution in [0.15, 0.2) is 58.1 Å². The Morgan fingerprint density at radius 2 is 2.00 bits per heavy atom. The van der Waals surface area contributed by atoms with E-state index in [1.165, 1.54) is 0 Å². The van der Waals surface area contributed by atoms with Crippen LogP contribution in [0.25, 0.3) is 34.1 Å². The van der Waals surface area contributed by atoms with Gasteiger partial charge >= 0.3 is 0 Å². The molecule has 0 fully saturated rings. The number of anilines is 1. The van der Waals surface area contributed by atoms with Crippen LogP contribution in [0.1, 0.15) is 5.82 Å². The van der Waals surface area contributed by atoms with Crippen molar-refractivity contribution in [2.24, 2.45) is 7.05 Å². The number of hydrogen-bond donors (Lipinski definition) is 1. The van der Waals surface area contributed by atoms with Gasteiger partial charge in [0.15, 0.2) is 23.1 Å². The smallest absolute Gasteiger partial charge is 0.293 e. The van der Waals surface area contributed by atoms with Gasteiger partial charge in [0.25, 0.3) is 5.89 Å². The molecule has 0 saturated carbocycles. The van der Waals surface area contributed by atoms with Crippen LogP contribution in [0.4, 0.5) is 5.82 Å². The SMILES string of the molecule is Cn1ncc2c(NCc3noc(-c4ccco4)n3)nc(-c3ccncc3)nc21. The highest BCUT2D eigenvalue weighted by Crippen LogP contribution is 2.25. The van der Waals surface area contributed by atoms with Gasteiger partial charge in [0.1, 0.15) is 5.82 Å². The number of aromatic nitrogens is 7. The summed E-state index contributed by atoms with van der Waals surface area (Å²) in [6.07, 6.45) is 6.68. The number of furan rings is 1. The lowest BCUT2D eigenvalue weighted by Gasteiger charge is -2.07. The van der Waals surface area contributed by atoms with Gasteiger partial charge in [-0.2, -0.15) is 10.1 Å². The van der Waals surface area contributed by atoms with Gasteiger partial charge in [0, 0.05) is 25.0 Å². The van der Waals surface area contributed by atoms with Crippen molar-refractivity contribution >= 4 is 16.9 Å². The maximum atomic E-state index is 5.27. The first-order valence-electron chi connectivity index (χ1n) is 8.48. The highest BCUT2D eigenvalue weighted by molar-refractivity contribution is 5.88. The summed E-state index contributed by atoms with van der Waals surface area (Å²) < 4.78 is 12.2. The quantitative estimate of drug-likeness (QED) is 0.495. The van der Waals surface area contributed by atoms with Crippen molar-refractivity contribution in [1.29, 1.82) is 0 Å². The third-order valence-electron chi connectivity index (χ3n) is 4.14. The van der Waals surface area contributed by atoms with Gasteiger partial charge < -0.3 is 14.3 Å². The van der Waals surface area contributed by atoms with Crippen molar-refractivity contribution in [1.82, 2.24) is 34.9 Å². The Morgan fingerprint density at radius 1 is 1.11 bits per heavy atom. The third-order valence-corrected chi connectivity index (χ3v) is 4.14. The fourth-order valence-corrected chi connectivity index (χ4v) is 2.78. The Kier molecular flexibility index (Phi) is 3.79. The molecule has 138 valence electrons. The zero-order chi connectivity index (χ0) is 18.9. The number of nitrogens with zero attached hydrogens (tertiary/aromatic N) is 7. The molecule has 28 heavy (non-hydrogen) atoms. The van der Waals surface area contributed by atoms with E-state index in [-0.39, 0.29) is 0 Å². The lowest BCUT2D eigenvalue weighted by molar-refractivity contribution is 0.410. The van der Waals surface area contributed by atoms with Crippen molar-refractivity contribution < 1.29 is 8.94 Å². The second kappa shape index (κ2) is 6.58. The molecule has 0 aliphatic rings. The molecule has 0 atom stereocenters. The largest absolute Gasteiger partial charge is 0.459 e. The van der Waals surface area contributed by atoms with Crippen molar-refractivity contribution in [3.63, 3.8) is 0 Å². The number of fused-ring (bicyclic) bond motifs is 1. The molecule has 0 aliphatic carbocycles. The lowest BCUT2D eigenvalue weighted by atomic mass is 10.2. The first-order valence-corrected chi connectivity index (χ1v) is 8.48. The Morgan fingerprint density at radius 3 is 2.82 bits per heavy atom. The Bertz CT molecular complexity index is 1230. The zero-order valence-corrected chi connectivity index (χ0v) is 14.8. The fourth-order valence-electron chi connectivity index (χ4n) is 2.78. The first-order chi connectivity index (χ1) is 13.8. The second-order valence-electron chi connectivity index (χ2n) is 5.98. The maximum absolute atomic E-state index is 5.27. The summed E-state index contributed by atoms with van der Waals surface area (Å²) in [4.78, 5) is 17.6. The fraction of sp³-hybridized carbons (Fsp3) is 0.111. The van der Waals surface area contributed by atoms with Crippen LogP contribution in [0.5, 0.6) is 0 Å². The van der Waals surface area contributed by atoms with Gasteiger partial charge in [-0.05, 0) is 24.3 Å². The minimum atomic E-state index is 0.320. The number of hydrogen-bond acceptors (Lipinski definition) is 9. The standard InChI is InChI=1S/C18H14N8O2/c1-26-17-12(9-21-26)16(23-15(24-17)11-4-6-19-7-5-11)20-10-14-22-18(28-25-14)13-3-2-8-27-13/h2-9H,10H2,1H3,(H,20,23,24). The van der Waals surface area contributed by atoms with E-state index in [0.717, 1.165) is 10.9 Å². The molecule has 0 aliphatic heterocycles. The molecule has 1 N–H and O–H groups in total. The summed E-state index contributed by atoms with van der Waals surface area (Å²) in [5.74, 6) is 2.54. The van der Waals surface area contributed by atoms with E-state index in [1.807, 2.05) is 19.2 Å². The van der Waals surface area contributed by atoms with E-state index in [2.05, 4.69) is 35.5 Å². The van der Waals surface area contributed by atoms with E-state index >= 15 is 0 Å². The molecule has 0 unspecified atom stereocenters. The lowest BCUT2D eigenvalue weighted by Crippen LogP contribution is -2.06. The number of pyridine rings is 1. The second-order valence-corrected chi connectivity index (χ2v) is 5.98. The normalized spacial score (nSPS) is 11.2. The van der Waals surface area contributed by atoms with Gasteiger partial charge in [-0.15, -0.1) is 0 Å². The van der Waals surface area contributed by atoms with Gasteiger partial charge in [0.2, 0.25) is 0 Å². The van der Waals surface area contributed by atoms with Crippen LogP contribution >= 0.6 is 0 Å². The van der Waals surface area contributed by atoms with E-state index in [1.54, 1.807) is 41.7 Å². The molecule has 10 heteroatoms. The first kappa shape index (κ1) is 16.1. The molecule has 5 aromatic rings. The van der Waals surface area contributed by atoms with Crippen LogP contribution in [-0.4, -0.2) is 34.9 Å². The number of nitrogens with one attached hydrogen (secondary N) is 1. The minimum Gasteiger partial charge on any atom is -0.459 e. The zero-order valence-electron chi connectivity index (χ0n) is 14.8. The van der Waals surface area contributed by atoms with Crippen LogP contribution < -0.4 is 5.32 Å². The van der Waals surface area contributed by atoms with Gasteiger partial charge in [-0.25, -0.2) is 9.97 Å². The van der Waals surface area contributed by atoms with Crippen LogP contribution in [-0.2, 0) is 13.6 Å². The summed E-state index contributed by atoms with van der Waals surface area (Å²) in [7, 11) is 1.84. The summed E-state index contributed by atoms with van der Waals surface area (Å²) in [6.45, 7) is 0.320. The van der Waals surface area contributed by atoms with Gasteiger partial charge in [0.05, 0.1) is 24.4 Å². The topological polar surface area (TPSA) is 121 Å². The van der Waals surface area contributed by atoms with Crippen LogP contribution in [0.2, 0.25) is 0 Å². The Hall–Kier alpha value is -4.08. The third kappa shape index (κ3) is 2.86.